The number of amides is 1. The van der Waals surface area contributed by atoms with Crippen LogP contribution in [0.5, 0.6) is 0 Å². The first-order chi connectivity index (χ1) is 6.79. The molecule has 14 heavy (non-hydrogen) atoms. The van der Waals surface area contributed by atoms with Crippen LogP contribution in [0.3, 0.4) is 0 Å². The Hall–Kier alpha value is -1.78. The van der Waals surface area contributed by atoms with Gasteiger partial charge < -0.3 is 0 Å². The Balaban J connectivity index is 2.20. The Bertz CT molecular complexity index is 362. The van der Waals surface area contributed by atoms with E-state index in [1.807, 2.05) is 6.92 Å². The number of aromatic nitrogens is 2. The van der Waals surface area contributed by atoms with Crippen LogP contribution in [0, 0.1) is 0 Å². The molecule has 0 radical (unpaired) electrons. The molecule has 2 rings (SSSR count). The van der Waals surface area contributed by atoms with Crippen molar-refractivity contribution < 1.29 is 4.79 Å². The Morgan fingerprint density at radius 1 is 1.57 bits per heavy atom. The lowest BCUT2D eigenvalue weighted by Gasteiger charge is -2.16. The molecule has 1 amide bonds. The Kier molecular flexibility index (Phi) is 2.22. The summed E-state index contributed by atoms with van der Waals surface area (Å²) >= 11 is 0. The number of hydrazone groups is 1. The van der Waals surface area contributed by atoms with Crippen molar-refractivity contribution in [3.63, 3.8) is 0 Å². The van der Waals surface area contributed by atoms with Crippen molar-refractivity contribution in [3.8, 4) is 0 Å². The second-order valence-corrected chi connectivity index (χ2v) is 3.12. The van der Waals surface area contributed by atoms with Gasteiger partial charge in [0.2, 0.25) is 0 Å². The van der Waals surface area contributed by atoms with Gasteiger partial charge in [-0.2, -0.15) is 5.10 Å². The largest absolute Gasteiger partial charge is 0.294 e. The molecule has 0 aliphatic carbocycles. The summed E-state index contributed by atoms with van der Waals surface area (Å²) in [5.74, 6) is -0.195. The van der Waals surface area contributed by atoms with Gasteiger partial charge in [-0.1, -0.05) is 0 Å². The first-order valence-electron chi connectivity index (χ1n) is 4.41. The van der Waals surface area contributed by atoms with Gasteiger partial charge in [0, 0.05) is 25.0 Å². The topological polar surface area (TPSA) is 58.5 Å². The van der Waals surface area contributed by atoms with Crippen LogP contribution in [-0.2, 0) is 0 Å². The molecule has 1 atom stereocenters. The molecule has 2 heterocycles. The Morgan fingerprint density at radius 2 is 2.43 bits per heavy atom. The maximum absolute atomic E-state index is 11.8. The van der Waals surface area contributed by atoms with Crippen LogP contribution in [0.25, 0.3) is 0 Å². The molecular weight excluding hydrogens is 180 g/mol. The molecule has 72 valence electrons. The van der Waals surface area contributed by atoms with Crippen molar-refractivity contribution in [1.29, 1.82) is 0 Å². The van der Waals surface area contributed by atoms with Crippen LogP contribution in [0.4, 0.5) is 0 Å². The van der Waals surface area contributed by atoms with E-state index in [-0.39, 0.29) is 11.9 Å². The average Bonchev–Trinajstić information content (AvgIpc) is 2.65. The van der Waals surface area contributed by atoms with Gasteiger partial charge in [-0.25, -0.2) is 9.99 Å². The molecule has 0 bridgehead atoms. The molecule has 0 N–H and O–H groups in total. The summed E-state index contributed by atoms with van der Waals surface area (Å²) in [6, 6.07) is 0.115. The summed E-state index contributed by atoms with van der Waals surface area (Å²) in [7, 11) is 0. The smallest absolute Gasteiger partial charge is 0.265 e. The fraction of sp³-hybridized carbons (Fsp3) is 0.333. The average molecular weight is 190 g/mol. The molecule has 5 heteroatoms. The molecule has 0 spiro atoms. The SMILES string of the molecule is CC1CC=NN1C(=O)c1cnccn1. The van der Waals surface area contributed by atoms with Crippen molar-refractivity contribution in [3.05, 3.63) is 24.3 Å². The zero-order valence-corrected chi connectivity index (χ0v) is 7.79. The van der Waals surface area contributed by atoms with Crippen molar-refractivity contribution in [1.82, 2.24) is 15.0 Å². The van der Waals surface area contributed by atoms with E-state index in [4.69, 9.17) is 0 Å². The van der Waals surface area contributed by atoms with E-state index >= 15 is 0 Å². The monoisotopic (exact) mass is 190 g/mol. The van der Waals surface area contributed by atoms with Crippen LogP contribution in [-0.4, -0.2) is 33.1 Å². The molecule has 0 aromatic carbocycles. The van der Waals surface area contributed by atoms with Gasteiger partial charge >= 0.3 is 0 Å². The van der Waals surface area contributed by atoms with Crippen molar-refractivity contribution in [2.45, 2.75) is 19.4 Å². The molecule has 0 fully saturated rings. The number of hydrogen-bond donors (Lipinski definition) is 0. The third-order valence-electron chi connectivity index (χ3n) is 2.06. The summed E-state index contributed by atoms with van der Waals surface area (Å²) < 4.78 is 0. The van der Waals surface area contributed by atoms with Gasteiger partial charge in [0.1, 0.15) is 5.69 Å². The van der Waals surface area contributed by atoms with Crippen molar-refractivity contribution in [2.24, 2.45) is 5.10 Å². The summed E-state index contributed by atoms with van der Waals surface area (Å²) in [6.07, 6.45) is 7.01. The molecule has 1 unspecified atom stereocenters. The third kappa shape index (κ3) is 1.48. The minimum absolute atomic E-state index is 0.115. The van der Waals surface area contributed by atoms with Crippen LogP contribution in [0.1, 0.15) is 23.8 Å². The van der Waals surface area contributed by atoms with E-state index in [0.717, 1.165) is 6.42 Å². The maximum atomic E-state index is 11.8. The molecule has 1 aliphatic rings. The summed E-state index contributed by atoms with van der Waals surface area (Å²) in [4.78, 5) is 19.5. The van der Waals surface area contributed by atoms with Crippen LogP contribution < -0.4 is 0 Å². The highest BCUT2D eigenvalue weighted by molar-refractivity contribution is 5.93. The Morgan fingerprint density at radius 3 is 3.00 bits per heavy atom. The summed E-state index contributed by atoms with van der Waals surface area (Å²) in [5.41, 5.74) is 0.332. The van der Waals surface area contributed by atoms with Crippen LogP contribution in [0.2, 0.25) is 0 Å². The number of hydrogen-bond acceptors (Lipinski definition) is 4. The first-order valence-corrected chi connectivity index (χ1v) is 4.41. The minimum Gasteiger partial charge on any atom is -0.265 e. The van der Waals surface area contributed by atoms with Gasteiger partial charge in [0.05, 0.1) is 12.2 Å². The molecule has 1 aromatic rings. The van der Waals surface area contributed by atoms with Gasteiger partial charge in [0.15, 0.2) is 0 Å². The van der Waals surface area contributed by atoms with Gasteiger partial charge in [-0.05, 0) is 6.92 Å². The van der Waals surface area contributed by atoms with Crippen LogP contribution >= 0.6 is 0 Å². The summed E-state index contributed by atoms with van der Waals surface area (Å²) in [6.45, 7) is 1.95. The summed E-state index contributed by atoms with van der Waals surface area (Å²) in [5, 5.41) is 5.42. The Labute approximate surface area is 81.5 Å². The second kappa shape index (κ2) is 3.53. The van der Waals surface area contributed by atoms with Crippen molar-refractivity contribution in [2.75, 3.05) is 0 Å². The molecule has 1 aromatic heterocycles. The quantitative estimate of drug-likeness (QED) is 0.654. The van der Waals surface area contributed by atoms with Gasteiger partial charge in [0.25, 0.3) is 5.91 Å². The van der Waals surface area contributed by atoms with Gasteiger partial charge in [-0.3, -0.25) is 9.78 Å². The van der Waals surface area contributed by atoms with Crippen molar-refractivity contribution >= 4 is 12.1 Å². The third-order valence-corrected chi connectivity index (χ3v) is 2.06. The lowest BCUT2D eigenvalue weighted by atomic mass is 10.2. The molecule has 5 nitrogen and oxygen atoms in total. The van der Waals surface area contributed by atoms with E-state index in [1.165, 1.54) is 23.6 Å². The highest BCUT2D eigenvalue weighted by Gasteiger charge is 2.24. The molecular formula is C9H10N4O. The number of carbonyl (C=O) groups is 1. The molecule has 0 saturated heterocycles. The maximum Gasteiger partial charge on any atom is 0.294 e. The van der Waals surface area contributed by atoms with E-state index in [0.29, 0.717) is 5.69 Å². The lowest BCUT2D eigenvalue weighted by Crippen LogP contribution is -2.31. The normalized spacial score (nSPS) is 20.1. The predicted molar refractivity (Wildman–Crippen MR) is 50.8 cm³/mol. The minimum atomic E-state index is -0.195. The fourth-order valence-corrected chi connectivity index (χ4v) is 1.28. The van der Waals surface area contributed by atoms with E-state index < -0.39 is 0 Å². The number of nitrogens with zero attached hydrogens (tertiary/aromatic N) is 4. The van der Waals surface area contributed by atoms with E-state index in [1.54, 1.807) is 6.21 Å². The van der Waals surface area contributed by atoms with Gasteiger partial charge in [-0.15, -0.1) is 0 Å². The predicted octanol–water partition coefficient (Wildman–Crippen LogP) is 0.697. The van der Waals surface area contributed by atoms with E-state index in [2.05, 4.69) is 15.1 Å². The second-order valence-electron chi connectivity index (χ2n) is 3.12. The highest BCUT2D eigenvalue weighted by atomic mass is 16.2. The molecule has 1 aliphatic heterocycles. The number of carbonyl (C=O) groups excluding carboxylic acids is 1. The zero-order chi connectivity index (χ0) is 9.97. The van der Waals surface area contributed by atoms with E-state index in [9.17, 15) is 4.79 Å². The zero-order valence-electron chi connectivity index (χ0n) is 7.79. The first kappa shape index (κ1) is 8.80. The molecule has 0 saturated carbocycles. The lowest BCUT2D eigenvalue weighted by molar-refractivity contribution is 0.0718. The standard InChI is InChI=1S/C9H10N4O/c1-7-2-3-12-13(7)9(14)8-6-10-4-5-11-8/h3-7H,2H2,1H3. The highest BCUT2D eigenvalue weighted by Crippen LogP contribution is 2.12. The van der Waals surface area contributed by atoms with Crippen LogP contribution in [0.15, 0.2) is 23.7 Å². The number of rotatable bonds is 1. The fourth-order valence-electron chi connectivity index (χ4n) is 1.28.